The lowest BCUT2D eigenvalue weighted by molar-refractivity contribution is -0.274. The fraction of sp³-hybridized carbons (Fsp3) is 0.438. The van der Waals surface area contributed by atoms with Gasteiger partial charge in [-0.25, -0.2) is 0 Å². The van der Waals surface area contributed by atoms with Crippen molar-refractivity contribution < 1.29 is 17.9 Å². The Kier molecular flexibility index (Phi) is 6.00. The Morgan fingerprint density at radius 3 is 2.38 bits per heavy atom. The van der Waals surface area contributed by atoms with Crippen molar-refractivity contribution in [2.24, 2.45) is 4.99 Å². The van der Waals surface area contributed by atoms with E-state index in [0.29, 0.717) is 11.3 Å². The molecule has 1 aromatic rings. The van der Waals surface area contributed by atoms with Gasteiger partial charge in [-0.15, -0.1) is 13.2 Å². The fourth-order valence-electron chi connectivity index (χ4n) is 1.97. The van der Waals surface area contributed by atoms with Crippen molar-refractivity contribution in [2.75, 3.05) is 0 Å². The van der Waals surface area contributed by atoms with Crippen LogP contribution in [-0.4, -0.2) is 12.1 Å². The van der Waals surface area contributed by atoms with Crippen LogP contribution in [0.4, 0.5) is 13.2 Å². The molecular weight excluding hydrogens is 279 g/mol. The van der Waals surface area contributed by atoms with Crippen LogP contribution in [0.2, 0.25) is 0 Å². The molecule has 0 saturated carbocycles. The van der Waals surface area contributed by atoms with Crippen LogP contribution in [0.3, 0.4) is 0 Å². The lowest BCUT2D eigenvalue weighted by Gasteiger charge is -2.15. The molecule has 0 aliphatic carbocycles. The summed E-state index contributed by atoms with van der Waals surface area (Å²) < 4.78 is 40.6. The number of alkyl halides is 3. The summed E-state index contributed by atoms with van der Waals surface area (Å²) in [6.07, 6.45) is -0.991. The van der Waals surface area contributed by atoms with E-state index in [0.717, 1.165) is 24.1 Å². The summed E-state index contributed by atoms with van der Waals surface area (Å²) in [6, 6.07) is 4.31. The molecule has 0 atom stereocenters. The number of halogens is 3. The normalized spacial score (nSPS) is 14.6. The smallest absolute Gasteiger partial charge is 0.406 e. The van der Waals surface area contributed by atoms with Crippen molar-refractivity contribution in [3.05, 3.63) is 35.4 Å². The van der Waals surface area contributed by atoms with Gasteiger partial charge in [-0.1, -0.05) is 26.0 Å². The highest BCUT2D eigenvalue weighted by Gasteiger charge is 2.31. The Morgan fingerprint density at radius 1 is 1.14 bits per heavy atom. The van der Waals surface area contributed by atoms with Crippen molar-refractivity contribution in [1.82, 2.24) is 0 Å². The molecule has 1 aliphatic heterocycles. The SMILES string of the molecule is CC.CC1=NC(c2cc(OC(F)(F)F)ccc2C)=CCC1. The summed E-state index contributed by atoms with van der Waals surface area (Å²) >= 11 is 0. The predicted octanol–water partition coefficient (Wildman–Crippen LogP) is 5.52. The maximum Gasteiger partial charge on any atom is 0.573 e. The Balaban J connectivity index is 0.00000106. The first-order valence-electron chi connectivity index (χ1n) is 6.96. The molecule has 0 aromatic heterocycles. The molecule has 1 aromatic carbocycles. The number of ether oxygens (including phenoxy) is 1. The topological polar surface area (TPSA) is 21.6 Å². The van der Waals surface area contributed by atoms with E-state index in [4.69, 9.17) is 0 Å². The molecule has 0 N–H and O–H groups in total. The van der Waals surface area contributed by atoms with Crippen molar-refractivity contribution in [3.63, 3.8) is 0 Å². The molecule has 1 heterocycles. The first-order valence-corrected chi connectivity index (χ1v) is 6.96. The largest absolute Gasteiger partial charge is 0.573 e. The van der Waals surface area contributed by atoms with E-state index < -0.39 is 6.36 Å². The molecule has 2 rings (SSSR count). The van der Waals surface area contributed by atoms with Gasteiger partial charge in [-0.2, -0.15) is 0 Å². The van der Waals surface area contributed by atoms with Gasteiger partial charge >= 0.3 is 6.36 Å². The number of nitrogens with zero attached hydrogens (tertiary/aromatic N) is 1. The van der Waals surface area contributed by atoms with Crippen LogP contribution in [0, 0.1) is 6.92 Å². The van der Waals surface area contributed by atoms with Gasteiger partial charge in [0.2, 0.25) is 0 Å². The third-order valence-electron chi connectivity index (χ3n) is 2.87. The van der Waals surface area contributed by atoms with Gasteiger partial charge in [0.25, 0.3) is 0 Å². The van der Waals surface area contributed by atoms with Crippen LogP contribution >= 0.6 is 0 Å². The quantitative estimate of drug-likeness (QED) is 0.705. The number of allylic oxidation sites excluding steroid dienone is 1. The van der Waals surface area contributed by atoms with Crippen LogP contribution in [-0.2, 0) is 0 Å². The molecule has 0 unspecified atom stereocenters. The molecule has 0 spiro atoms. The van der Waals surface area contributed by atoms with Gasteiger partial charge in [0.15, 0.2) is 0 Å². The maximum atomic E-state index is 12.2. The number of rotatable bonds is 2. The number of benzene rings is 1. The molecule has 0 bridgehead atoms. The minimum Gasteiger partial charge on any atom is -0.406 e. The highest BCUT2D eigenvalue weighted by atomic mass is 19.4. The molecule has 21 heavy (non-hydrogen) atoms. The summed E-state index contributed by atoms with van der Waals surface area (Å²) in [6.45, 7) is 7.76. The number of hydrogen-bond donors (Lipinski definition) is 0. The van der Waals surface area contributed by atoms with E-state index in [1.807, 2.05) is 33.8 Å². The standard InChI is InChI=1S/C14H14F3NO.C2H6/c1-9-6-7-11(19-14(15,16)17)8-12(9)13-5-3-4-10(2)18-13;1-2/h5-8H,3-4H2,1-2H3;1-2H3. The third-order valence-corrected chi connectivity index (χ3v) is 2.87. The van der Waals surface area contributed by atoms with E-state index in [1.165, 1.54) is 12.1 Å². The van der Waals surface area contributed by atoms with Gasteiger partial charge in [0.05, 0.1) is 5.70 Å². The Hall–Kier alpha value is -1.78. The first-order chi connectivity index (χ1) is 9.85. The van der Waals surface area contributed by atoms with Crippen LogP contribution < -0.4 is 4.74 Å². The number of hydrogen-bond acceptors (Lipinski definition) is 2. The first kappa shape index (κ1) is 17.3. The number of aryl methyl sites for hydroxylation is 1. The molecule has 0 radical (unpaired) electrons. The summed E-state index contributed by atoms with van der Waals surface area (Å²) in [5, 5.41) is 0. The molecular formula is C16H20F3NO. The van der Waals surface area contributed by atoms with Crippen molar-refractivity contribution in [3.8, 4) is 5.75 Å². The second-order valence-electron chi connectivity index (χ2n) is 4.50. The molecule has 0 amide bonds. The zero-order valence-electron chi connectivity index (χ0n) is 12.7. The fourth-order valence-corrected chi connectivity index (χ4v) is 1.97. The van der Waals surface area contributed by atoms with Crippen molar-refractivity contribution in [1.29, 1.82) is 0 Å². The Labute approximate surface area is 123 Å². The average Bonchev–Trinajstić information content (AvgIpc) is 2.42. The second kappa shape index (κ2) is 7.29. The van der Waals surface area contributed by atoms with E-state index in [2.05, 4.69) is 9.73 Å². The van der Waals surface area contributed by atoms with E-state index in [9.17, 15) is 13.2 Å². The zero-order chi connectivity index (χ0) is 16.0. The molecule has 0 saturated heterocycles. The van der Waals surface area contributed by atoms with Gasteiger partial charge < -0.3 is 4.74 Å². The van der Waals surface area contributed by atoms with E-state index in [-0.39, 0.29) is 5.75 Å². The minimum absolute atomic E-state index is 0.215. The van der Waals surface area contributed by atoms with Crippen molar-refractivity contribution in [2.45, 2.75) is 46.9 Å². The van der Waals surface area contributed by atoms with Gasteiger partial charge in [0, 0.05) is 11.3 Å². The maximum absolute atomic E-state index is 12.2. The van der Waals surface area contributed by atoms with Crippen molar-refractivity contribution >= 4 is 11.4 Å². The monoisotopic (exact) mass is 299 g/mol. The molecule has 0 fully saturated rings. The minimum atomic E-state index is -4.67. The molecule has 2 nitrogen and oxygen atoms in total. The third kappa shape index (κ3) is 5.25. The summed E-state index contributed by atoms with van der Waals surface area (Å²) in [5.41, 5.74) is 3.26. The molecule has 1 aliphatic rings. The zero-order valence-corrected chi connectivity index (χ0v) is 12.7. The van der Waals surface area contributed by atoms with E-state index >= 15 is 0 Å². The highest BCUT2D eigenvalue weighted by Crippen LogP contribution is 2.30. The second-order valence-corrected chi connectivity index (χ2v) is 4.50. The summed E-state index contributed by atoms with van der Waals surface area (Å²) in [7, 11) is 0. The number of aliphatic imine (C=N–C) groups is 1. The predicted molar refractivity (Wildman–Crippen MR) is 79.5 cm³/mol. The Morgan fingerprint density at radius 2 is 1.81 bits per heavy atom. The van der Waals surface area contributed by atoms with Gasteiger partial charge in [-0.3, -0.25) is 4.99 Å². The van der Waals surface area contributed by atoms with Crippen LogP contribution in [0.1, 0.15) is 44.7 Å². The van der Waals surface area contributed by atoms with E-state index in [1.54, 1.807) is 6.07 Å². The Bertz CT molecular complexity index is 545. The van der Waals surface area contributed by atoms with Gasteiger partial charge in [0.1, 0.15) is 5.75 Å². The molecule has 116 valence electrons. The summed E-state index contributed by atoms with van der Waals surface area (Å²) in [5.74, 6) is -0.215. The average molecular weight is 299 g/mol. The lowest BCUT2D eigenvalue weighted by Crippen LogP contribution is -2.17. The van der Waals surface area contributed by atoms with Crippen LogP contribution in [0.25, 0.3) is 5.70 Å². The highest BCUT2D eigenvalue weighted by molar-refractivity contribution is 5.90. The van der Waals surface area contributed by atoms with Gasteiger partial charge in [-0.05, 0) is 44.4 Å². The van der Waals surface area contributed by atoms with Crippen LogP contribution in [0.15, 0.2) is 29.3 Å². The lowest BCUT2D eigenvalue weighted by atomic mass is 10.0. The van der Waals surface area contributed by atoms with Crippen LogP contribution in [0.5, 0.6) is 5.75 Å². The molecule has 5 heteroatoms. The summed E-state index contributed by atoms with van der Waals surface area (Å²) in [4.78, 5) is 4.39.